The maximum Gasteiger partial charge on any atom is 0.0897 e. The highest BCUT2D eigenvalue weighted by atomic mass is 16.3. The molecule has 15 heavy (non-hydrogen) atoms. The first-order valence-electron chi connectivity index (χ1n) is 6.01. The lowest BCUT2D eigenvalue weighted by Crippen LogP contribution is -2.48. The standard InChI is InChI=1S/C11H24N2O2/c1-2-12-7-10-5-3-4-6-13(10)8-11(15)9-14/h10-12,14-15H,2-9H2,1H3. The molecule has 0 aromatic rings. The highest BCUT2D eigenvalue weighted by molar-refractivity contribution is 4.80. The molecule has 1 rings (SSSR count). The summed E-state index contributed by atoms with van der Waals surface area (Å²) in [6.07, 6.45) is 3.10. The summed E-state index contributed by atoms with van der Waals surface area (Å²) in [5.41, 5.74) is 0. The molecule has 0 aromatic heterocycles. The van der Waals surface area contributed by atoms with Gasteiger partial charge in [-0.15, -0.1) is 0 Å². The van der Waals surface area contributed by atoms with Gasteiger partial charge in [-0.05, 0) is 25.9 Å². The molecule has 1 heterocycles. The Morgan fingerprint density at radius 3 is 2.93 bits per heavy atom. The van der Waals surface area contributed by atoms with E-state index >= 15 is 0 Å². The Balaban J connectivity index is 2.35. The Morgan fingerprint density at radius 2 is 2.27 bits per heavy atom. The van der Waals surface area contributed by atoms with Crippen LogP contribution in [0.2, 0.25) is 0 Å². The maximum absolute atomic E-state index is 9.44. The second-order valence-corrected chi connectivity index (χ2v) is 4.29. The third kappa shape index (κ3) is 4.47. The average molecular weight is 216 g/mol. The number of hydrogen-bond acceptors (Lipinski definition) is 4. The molecule has 0 amide bonds. The van der Waals surface area contributed by atoms with Gasteiger partial charge in [-0.2, -0.15) is 0 Å². The molecule has 1 aliphatic heterocycles. The van der Waals surface area contributed by atoms with Gasteiger partial charge < -0.3 is 15.5 Å². The summed E-state index contributed by atoms with van der Waals surface area (Å²) in [5, 5.41) is 21.6. The molecule has 4 nitrogen and oxygen atoms in total. The van der Waals surface area contributed by atoms with Crippen LogP contribution in [0.1, 0.15) is 26.2 Å². The highest BCUT2D eigenvalue weighted by Crippen LogP contribution is 2.16. The molecular weight excluding hydrogens is 192 g/mol. The van der Waals surface area contributed by atoms with Crippen molar-refractivity contribution in [2.24, 2.45) is 0 Å². The fourth-order valence-electron chi connectivity index (χ4n) is 2.17. The van der Waals surface area contributed by atoms with Crippen molar-refractivity contribution in [1.82, 2.24) is 10.2 Å². The second-order valence-electron chi connectivity index (χ2n) is 4.29. The average Bonchev–Trinajstić information content (AvgIpc) is 2.28. The summed E-state index contributed by atoms with van der Waals surface area (Å²) in [6, 6.07) is 0.528. The lowest BCUT2D eigenvalue weighted by atomic mass is 10.0. The predicted molar refractivity (Wildman–Crippen MR) is 60.8 cm³/mol. The highest BCUT2D eigenvalue weighted by Gasteiger charge is 2.23. The SMILES string of the molecule is CCNCC1CCCCN1CC(O)CO. The van der Waals surface area contributed by atoms with Gasteiger partial charge in [0.05, 0.1) is 12.7 Å². The summed E-state index contributed by atoms with van der Waals surface area (Å²) < 4.78 is 0. The van der Waals surface area contributed by atoms with E-state index in [0.717, 1.165) is 19.6 Å². The number of nitrogens with zero attached hydrogens (tertiary/aromatic N) is 1. The van der Waals surface area contributed by atoms with E-state index in [-0.39, 0.29) is 6.61 Å². The van der Waals surface area contributed by atoms with Crippen LogP contribution in [-0.4, -0.2) is 60.0 Å². The van der Waals surface area contributed by atoms with E-state index in [1.54, 1.807) is 0 Å². The summed E-state index contributed by atoms with van der Waals surface area (Å²) in [6.45, 7) is 5.61. The van der Waals surface area contributed by atoms with Gasteiger partial charge in [0.25, 0.3) is 0 Å². The number of hydrogen-bond donors (Lipinski definition) is 3. The van der Waals surface area contributed by atoms with E-state index in [9.17, 15) is 5.11 Å². The minimum atomic E-state index is -0.591. The number of nitrogens with one attached hydrogen (secondary N) is 1. The van der Waals surface area contributed by atoms with Gasteiger partial charge in [0.2, 0.25) is 0 Å². The third-order valence-electron chi connectivity index (χ3n) is 3.04. The number of likely N-dealkylation sites (N-methyl/N-ethyl adjacent to an activating group) is 1. The number of likely N-dealkylation sites (tertiary alicyclic amines) is 1. The van der Waals surface area contributed by atoms with Crippen molar-refractivity contribution in [1.29, 1.82) is 0 Å². The van der Waals surface area contributed by atoms with E-state index in [1.165, 1.54) is 19.3 Å². The molecule has 2 unspecified atom stereocenters. The quantitative estimate of drug-likeness (QED) is 0.576. The van der Waals surface area contributed by atoms with Crippen LogP contribution < -0.4 is 5.32 Å². The minimum absolute atomic E-state index is 0.134. The van der Waals surface area contributed by atoms with Crippen molar-refractivity contribution in [3.8, 4) is 0 Å². The van der Waals surface area contributed by atoms with E-state index in [1.807, 2.05) is 0 Å². The van der Waals surface area contributed by atoms with Crippen molar-refractivity contribution in [2.45, 2.75) is 38.3 Å². The van der Waals surface area contributed by atoms with Gasteiger partial charge >= 0.3 is 0 Å². The molecule has 3 N–H and O–H groups in total. The smallest absolute Gasteiger partial charge is 0.0897 e. The molecule has 1 saturated heterocycles. The molecule has 0 spiro atoms. The first-order valence-corrected chi connectivity index (χ1v) is 6.01. The number of aliphatic hydroxyl groups is 2. The Labute approximate surface area is 92.3 Å². The summed E-state index contributed by atoms with van der Waals surface area (Å²) >= 11 is 0. The molecule has 0 bridgehead atoms. The fraction of sp³-hybridized carbons (Fsp3) is 1.00. The zero-order valence-electron chi connectivity index (χ0n) is 9.65. The van der Waals surface area contributed by atoms with Crippen molar-refractivity contribution >= 4 is 0 Å². The second kappa shape index (κ2) is 7.17. The molecule has 0 radical (unpaired) electrons. The lowest BCUT2D eigenvalue weighted by molar-refractivity contribution is 0.0333. The van der Waals surface area contributed by atoms with Crippen LogP contribution in [0, 0.1) is 0 Å². The minimum Gasteiger partial charge on any atom is -0.394 e. The number of aliphatic hydroxyl groups excluding tert-OH is 2. The van der Waals surface area contributed by atoms with Crippen LogP contribution in [0.25, 0.3) is 0 Å². The van der Waals surface area contributed by atoms with E-state index in [4.69, 9.17) is 5.11 Å². The van der Waals surface area contributed by atoms with E-state index in [0.29, 0.717) is 12.6 Å². The maximum atomic E-state index is 9.44. The van der Waals surface area contributed by atoms with E-state index in [2.05, 4.69) is 17.1 Å². The van der Waals surface area contributed by atoms with Crippen LogP contribution >= 0.6 is 0 Å². The molecule has 0 saturated carbocycles. The first-order chi connectivity index (χ1) is 7.27. The molecule has 1 fully saturated rings. The van der Waals surface area contributed by atoms with Crippen LogP contribution in [0.5, 0.6) is 0 Å². The normalized spacial score (nSPS) is 25.4. The number of piperidine rings is 1. The molecule has 1 aliphatic rings. The van der Waals surface area contributed by atoms with Gasteiger partial charge in [-0.1, -0.05) is 13.3 Å². The summed E-state index contributed by atoms with van der Waals surface area (Å²) in [5.74, 6) is 0. The van der Waals surface area contributed by atoms with Crippen LogP contribution in [0.3, 0.4) is 0 Å². The van der Waals surface area contributed by atoms with Crippen molar-refractivity contribution in [3.63, 3.8) is 0 Å². The van der Waals surface area contributed by atoms with Crippen LogP contribution in [0.4, 0.5) is 0 Å². The monoisotopic (exact) mass is 216 g/mol. The molecule has 2 atom stereocenters. The molecule has 4 heteroatoms. The molecular formula is C11H24N2O2. The Kier molecular flexibility index (Phi) is 6.17. The first kappa shape index (κ1) is 12.9. The Morgan fingerprint density at radius 1 is 1.47 bits per heavy atom. The molecule has 0 aromatic carbocycles. The van der Waals surface area contributed by atoms with Crippen molar-refractivity contribution in [3.05, 3.63) is 0 Å². The lowest BCUT2D eigenvalue weighted by Gasteiger charge is -2.36. The third-order valence-corrected chi connectivity index (χ3v) is 3.04. The van der Waals surface area contributed by atoms with Gasteiger partial charge in [0.1, 0.15) is 0 Å². The summed E-state index contributed by atoms with van der Waals surface area (Å²) in [4.78, 5) is 2.30. The van der Waals surface area contributed by atoms with Crippen LogP contribution in [-0.2, 0) is 0 Å². The summed E-state index contributed by atoms with van der Waals surface area (Å²) in [7, 11) is 0. The Hall–Kier alpha value is -0.160. The van der Waals surface area contributed by atoms with Crippen LogP contribution in [0.15, 0.2) is 0 Å². The molecule has 0 aliphatic carbocycles. The zero-order chi connectivity index (χ0) is 11.1. The van der Waals surface area contributed by atoms with Crippen molar-refractivity contribution in [2.75, 3.05) is 32.8 Å². The van der Waals surface area contributed by atoms with Gasteiger partial charge in [-0.3, -0.25) is 4.90 Å². The zero-order valence-corrected chi connectivity index (χ0v) is 9.65. The topological polar surface area (TPSA) is 55.7 Å². The van der Waals surface area contributed by atoms with Crippen molar-refractivity contribution < 1.29 is 10.2 Å². The van der Waals surface area contributed by atoms with E-state index < -0.39 is 6.10 Å². The number of rotatable bonds is 6. The fourth-order valence-corrected chi connectivity index (χ4v) is 2.17. The van der Waals surface area contributed by atoms with Gasteiger partial charge in [0.15, 0.2) is 0 Å². The largest absolute Gasteiger partial charge is 0.394 e. The van der Waals surface area contributed by atoms with Gasteiger partial charge in [0, 0.05) is 19.1 Å². The predicted octanol–water partition coefficient (Wildman–Crippen LogP) is -0.196. The molecule has 90 valence electrons. The Bertz CT molecular complexity index is 167. The van der Waals surface area contributed by atoms with Gasteiger partial charge in [-0.25, -0.2) is 0 Å². The number of β-amino-alcohol motifs (C(OH)–C–C–N with tert-alkyl or cyclic N) is 1.